The van der Waals surface area contributed by atoms with Crippen LogP contribution in [0.25, 0.3) is 0 Å². The summed E-state index contributed by atoms with van der Waals surface area (Å²) in [6, 6.07) is 6.37. The second kappa shape index (κ2) is 4.79. The molecule has 0 bridgehead atoms. The first kappa shape index (κ1) is 12.0. The van der Waals surface area contributed by atoms with Crippen molar-refractivity contribution in [2.45, 2.75) is 13.5 Å². The third-order valence-electron chi connectivity index (χ3n) is 2.41. The number of aromatic nitrogens is 1. The standard InChI is InChI=1S/C12H13N3O3/c1-7-4-9(15-18-7)6-14-11-5-8(13)2-3-10(11)12(16)17/h2-5,14H,6,13H2,1H3,(H,16,17). The van der Waals surface area contributed by atoms with Gasteiger partial charge in [-0.15, -0.1) is 0 Å². The van der Waals surface area contributed by atoms with Crippen LogP contribution >= 0.6 is 0 Å². The number of nitrogens with zero attached hydrogens (tertiary/aromatic N) is 1. The van der Waals surface area contributed by atoms with Gasteiger partial charge in [0.1, 0.15) is 11.5 Å². The molecule has 18 heavy (non-hydrogen) atoms. The minimum absolute atomic E-state index is 0.171. The Hall–Kier alpha value is -2.50. The molecular formula is C12H13N3O3. The van der Waals surface area contributed by atoms with E-state index >= 15 is 0 Å². The van der Waals surface area contributed by atoms with Gasteiger partial charge in [0.2, 0.25) is 0 Å². The molecule has 0 aliphatic carbocycles. The Kier molecular flexibility index (Phi) is 3.18. The van der Waals surface area contributed by atoms with Gasteiger partial charge in [-0.25, -0.2) is 4.79 Å². The van der Waals surface area contributed by atoms with Crippen LogP contribution in [-0.2, 0) is 6.54 Å². The Morgan fingerprint density at radius 3 is 2.89 bits per heavy atom. The molecule has 0 spiro atoms. The molecule has 0 saturated heterocycles. The van der Waals surface area contributed by atoms with E-state index in [1.54, 1.807) is 25.1 Å². The quantitative estimate of drug-likeness (QED) is 0.713. The molecule has 0 amide bonds. The van der Waals surface area contributed by atoms with E-state index in [0.29, 0.717) is 29.4 Å². The smallest absolute Gasteiger partial charge is 0.337 e. The number of hydrogen-bond donors (Lipinski definition) is 3. The Morgan fingerprint density at radius 2 is 2.28 bits per heavy atom. The van der Waals surface area contributed by atoms with Crippen molar-refractivity contribution in [3.05, 3.63) is 41.3 Å². The maximum absolute atomic E-state index is 11.0. The topological polar surface area (TPSA) is 101 Å². The second-order valence-electron chi connectivity index (χ2n) is 3.89. The number of benzene rings is 1. The van der Waals surface area contributed by atoms with Gasteiger partial charge in [-0.2, -0.15) is 0 Å². The Balaban J connectivity index is 2.17. The van der Waals surface area contributed by atoms with Gasteiger partial charge in [-0.05, 0) is 25.1 Å². The van der Waals surface area contributed by atoms with E-state index in [1.807, 2.05) is 0 Å². The van der Waals surface area contributed by atoms with Crippen molar-refractivity contribution in [2.75, 3.05) is 11.1 Å². The molecule has 2 rings (SSSR count). The first-order valence-electron chi connectivity index (χ1n) is 5.35. The van der Waals surface area contributed by atoms with Crippen LogP contribution in [0.5, 0.6) is 0 Å². The number of carbonyl (C=O) groups is 1. The Bertz CT molecular complexity index is 578. The third kappa shape index (κ3) is 2.60. The molecule has 6 nitrogen and oxygen atoms in total. The fraction of sp³-hybridized carbons (Fsp3) is 0.167. The summed E-state index contributed by atoms with van der Waals surface area (Å²) in [6.07, 6.45) is 0. The lowest BCUT2D eigenvalue weighted by atomic mass is 10.1. The first-order valence-corrected chi connectivity index (χ1v) is 5.35. The van der Waals surface area contributed by atoms with E-state index in [9.17, 15) is 4.79 Å². The highest BCUT2D eigenvalue weighted by Gasteiger charge is 2.10. The molecule has 4 N–H and O–H groups in total. The molecule has 1 aromatic carbocycles. The number of anilines is 2. The van der Waals surface area contributed by atoms with Crippen LogP contribution < -0.4 is 11.1 Å². The summed E-state index contributed by atoms with van der Waals surface area (Å²) < 4.78 is 4.92. The zero-order valence-electron chi connectivity index (χ0n) is 9.80. The van der Waals surface area contributed by atoms with Gasteiger partial charge in [0.05, 0.1) is 17.8 Å². The van der Waals surface area contributed by atoms with Crippen molar-refractivity contribution in [3.63, 3.8) is 0 Å². The zero-order chi connectivity index (χ0) is 13.1. The van der Waals surface area contributed by atoms with Gasteiger partial charge in [-0.1, -0.05) is 5.16 Å². The summed E-state index contributed by atoms with van der Waals surface area (Å²) in [5, 5.41) is 15.8. The van der Waals surface area contributed by atoms with Crippen molar-refractivity contribution in [3.8, 4) is 0 Å². The molecule has 2 aromatic rings. The summed E-state index contributed by atoms with van der Waals surface area (Å²) in [5.74, 6) is -0.299. The molecule has 0 fully saturated rings. The summed E-state index contributed by atoms with van der Waals surface area (Å²) in [7, 11) is 0. The number of hydrogen-bond acceptors (Lipinski definition) is 5. The van der Waals surface area contributed by atoms with E-state index in [2.05, 4.69) is 10.5 Å². The predicted octanol–water partition coefficient (Wildman–Crippen LogP) is 1.88. The maximum atomic E-state index is 11.0. The van der Waals surface area contributed by atoms with Crippen LogP contribution in [-0.4, -0.2) is 16.2 Å². The van der Waals surface area contributed by atoms with E-state index in [4.69, 9.17) is 15.4 Å². The second-order valence-corrected chi connectivity index (χ2v) is 3.89. The van der Waals surface area contributed by atoms with Crippen LogP contribution in [0.3, 0.4) is 0 Å². The number of nitrogens with one attached hydrogen (secondary N) is 1. The molecule has 0 radical (unpaired) electrons. The number of nitrogen functional groups attached to an aromatic ring is 1. The van der Waals surface area contributed by atoms with Gasteiger partial charge >= 0.3 is 5.97 Å². The molecule has 6 heteroatoms. The largest absolute Gasteiger partial charge is 0.478 e. The maximum Gasteiger partial charge on any atom is 0.337 e. The highest BCUT2D eigenvalue weighted by molar-refractivity contribution is 5.95. The predicted molar refractivity (Wildman–Crippen MR) is 66.4 cm³/mol. The highest BCUT2D eigenvalue weighted by atomic mass is 16.5. The molecular weight excluding hydrogens is 234 g/mol. The molecule has 0 aliphatic heterocycles. The molecule has 1 heterocycles. The lowest BCUT2D eigenvalue weighted by Gasteiger charge is -2.08. The van der Waals surface area contributed by atoms with Crippen LogP contribution in [0.4, 0.5) is 11.4 Å². The molecule has 0 aliphatic rings. The summed E-state index contributed by atoms with van der Waals surface area (Å²) >= 11 is 0. The summed E-state index contributed by atoms with van der Waals surface area (Å²) in [6.45, 7) is 2.17. The van der Waals surface area contributed by atoms with Crippen LogP contribution in [0, 0.1) is 6.92 Å². The SMILES string of the molecule is Cc1cc(CNc2cc(N)ccc2C(=O)O)no1. The first-order chi connectivity index (χ1) is 8.56. The van der Waals surface area contributed by atoms with E-state index < -0.39 is 5.97 Å². The lowest BCUT2D eigenvalue weighted by Crippen LogP contribution is -2.07. The monoisotopic (exact) mass is 247 g/mol. The Morgan fingerprint density at radius 1 is 1.50 bits per heavy atom. The van der Waals surface area contributed by atoms with E-state index in [0.717, 1.165) is 0 Å². The summed E-state index contributed by atoms with van der Waals surface area (Å²) in [4.78, 5) is 11.0. The molecule has 0 unspecified atom stereocenters. The van der Waals surface area contributed by atoms with Crippen LogP contribution in [0.1, 0.15) is 21.8 Å². The van der Waals surface area contributed by atoms with Crippen molar-refractivity contribution in [2.24, 2.45) is 0 Å². The van der Waals surface area contributed by atoms with Crippen molar-refractivity contribution < 1.29 is 14.4 Å². The highest BCUT2D eigenvalue weighted by Crippen LogP contribution is 2.20. The Labute approximate surface area is 103 Å². The molecule has 0 saturated carbocycles. The molecule has 1 aromatic heterocycles. The number of carboxylic acids is 1. The van der Waals surface area contributed by atoms with Gasteiger partial charge in [0, 0.05) is 11.8 Å². The van der Waals surface area contributed by atoms with Crippen molar-refractivity contribution in [1.82, 2.24) is 5.16 Å². The van der Waals surface area contributed by atoms with E-state index in [-0.39, 0.29) is 5.56 Å². The minimum Gasteiger partial charge on any atom is -0.478 e. The van der Waals surface area contributed by atoms with E-state index in [1.165, 1.54) is 6.07 Å². The fourth-order valence-electron chi connectivity index (χ4n) is 1.58. The normalized spacial score (nSPS) is 10.3. The third-order valence-corrected chi connectivity index (χ3v) is 2.41. The number of nitrogens with two attached hydrogens (primary N) is 1. The number of carboxylic acid groups (broad SMARTS) is 1. The van der Waals surface area contributed by atoms with Crippen molar-refractivity contribution in [1.29, 1.82) is 0 Å². The van der Waals surface area contributed by atoms with Crippen LogP contribution in [0.2, 0.25) is 0 Å². The van der Waals surface area contributed by atoms with Gasteiger partial charge in [-0.3, -0.25) is 0 Å². The lowest BCUT2D eigenvalue weighted by molar-refractivity contribution is 0.0698. The molecule has 94 valence electrons. The average molecular weight is 247 g/mol. The number of rotatable bonds is 4. The average Bonchev–Trinajstić information content (AvgIpc) is 2.72. The van der Waals surface area contributed by atoms with Crippen molar-refractivity contribution >= 4 is 17.3 Å². The van der Waals surface area contributed by atoms with Gasteiger partial charge in [0.25, 0.3) is 0 Å². The van der Waals surface area contributed by atoms with Gasteiger partial charge < -0.3 is 20.7 Å². The minimum atomic E-state index is -1.01. The fourth-order valence-corrected chi connectivity index (χ4v) is 1.58. The summed E-state index contributed by atoms with van der Waals surface area (Å²) in [5.41, 5.74) is 7.46. The zero-order valence-corrected chi connectivity index (χ0v) is 9.80. The van der Waals surface area contributed by atoms with Crippen LogP contribution in [0.15, 0.2) is 28.8 Å². The number of aryl methyl sites for hydroxylation is 1. The number of aromatic carboxylic acids is 1. The van der Waals surface area contributed by atoms with Gasteiger partial charge in [0.15, 0.2) is 0 Å². The molecule has 0 atom stereocenters.